The normalized spacial score (nSPS) is 9.67. The lowest BCUT2D eigenvalue weighted by Crippen LogP contribution is -2.26. The maximum atomic E-state index is 11.0. The van der Waals surface area contributed by atoms with Gasteiger partial charge >= 0.3 is 0 Å². The monoisotopic (exact) mass is 207 g/mol. The van der Waals surface area contributed by atoms with Crippen LogP contribution in [0, 0.1) is 0 Å². The standard InChI is InChI=1S/C10H11N2O3/c11-10(15)8-4-2-1-3-7(8)5-12-9(14)6-13/h1-4H,5-6H2,(H2,11,15)(H,12,14). The third-order valence-corrected chi connectivity index (χ3v) is 1.89. The fraction of sp³-hybridized carbons (Fsp3) is 0.200. The first-order valence-electron chi connectivity index (χ1n) is 4.37. The van der Waals surface area contributed by atoms with Crippen LogP contribution in [0.2, 0.25) is 0 Å². The lowest BCUT2D eigenvalue weighted by molar-refractivity contribution is -0.125. The van der Waals surface area contributed by atoms with Crippen LogP contribution in [0.5, 0.6) is 0 Å². The van der Waals surface area contributed by atoms with Crippen molar-refractivity contribution in [2.75, 3.05) is 6.61 Å². The fourth-order valence-corrected chi connectivity index (χ4v) is 1.16. The number of benzene rings is 1. The van der Waals surface area contributed by atoms with E-state index in [0.29, 0.717) is 11.1 Å². The maximum absolute atomic E-state index is 11.0. The zero-order valence-electron chi connectivity index (χ0n) is 8.03. The molecular formula is C10H11N2O3. The summed E-state index contributed by atoms with van der Waals surface area (Å²) >= 11 is 0. The minimum absolute atomic E-state index is 0.139. The highest BCUT2D eigenvalue weighted by atomic mass is 16.3. The molecule has 1 rings (SSSR count). The van der Waals surface area contributed by atoms with Crippen molar-refractivity contribution in [2.45, 2.75) is 6.54 Å². The Hall–Kier alpha value is -1.88. The van der Waals surface area contributed by atoms with Crippen LogP contribution in [0.3, 0.4) is 0 Å². The summed E-state index contributed by atoms with van der Waals surface area (Å²) in [5, 5.41) is 12.6. The second-order valence-electron chi connectivity index (χ2n) is 2.94. The molecule has 0 aliphatic heterocycles. The Morgan fingerprint density at radius 3 is 2.53 bits per heavy atom. The van der Waals surface area contributed by atoms with Crippen LogP contribution in [0.25, 0.3) is 0 Å². The Kier molecular flexibility index (Phi) is 3.82. The van der Waals surface area contributed by atoms with Crippen LogP contribution in [0.4, 0.5) is 0 Å². The van der Waals surface area contributed by atoms with Crippen molar-refractivity contribution in [3.8, 4) is 0 Å². The highest BCUT2D eigenvalue weighted by Crippen LogP contribution is 2.07. The predicted molar refractivity (Wildman–Crippen MR) is 52.4 cm³/mol. The molecule has 0 bridgehead atoms. The van der Waals surface area contributed by atoms with Crippen molar-refractivity contribution >= 4 is 11.8 Å². The highest BCUT2D eigenvalue weighted by Gasteiger charge is 2.07. The first-order chi connectivity index (χ1) is 7.15. The van der Waals surface area contributed by atoms with Gasteiger partial charge in [-0.15, -0.1) is 0 Å². The number of carbonyl (C=O) groups is 2. The molecule has 0 unspecified atom stereocenters. The maximum Gasteiger partial charge on any atom is 0.249 e. The molecule has 0 aliphatic rings. The van der Waals surface area contributed by atoms with E-state index in [-0.39, 0.29) is 6.54 Å². The number of hydrogen-bond donors (Lipinski definition) is 2. The molecule has 5 nitrogen and oxygen atoms in total. The van der Waals surface area contributed by atoms with Crippen molar-refractivity contribution in [3.05, 3.63) is 35.4 Å². The van der Waals surface area contributed by atoms with Crippen LogP contribution in [-0.4, -0.2) is 18.4 Å². The van der Waals surface area contributed by atoms with E-state index < -0.39 is 18.4 Å². The number of hydrogen-bond acceptors (Lipinski definition) is 2. The largest absolute Gasteiger partial charge is 0.366 e. The second-order valence-corrected chi connectivity index (χ2v) is 2.94. The molecule has 2 amide bonds. The van der Waals surface area contributed by atoms with E-state index >= 15 is 0 Å². The molecule has 79 valence electrons. The van der Waals surface area contributed by atoms with Gasteiger partial charge in [-0.1, -0.05) is 18.2 Å². The van der Waals surface area contributed by atoms with Crippen molar-refractivity contribution in [1.29, 1.82) is 0 Å². The predicted octanol–water partition coefficient (Wildman–Crippen LogP) is -0.168. The van der Waals surface area contributed by atoms with E-state index in [0.717, 1.165) is 0 Å². The lowest BCUT2D eigenvalue weighted by atomic mass is 10.1. The summed E-state index contributed by atoms with van der Waals surface area (Å²) in [5.74, 6) is -1.16. The Morgan fingerprint density at radius 2 is 1.93 bits per heavy atom. The third-order valence-electron chi connectivity index (χ3n) is 1.89. The van der Waals surface area contributed by atoms with Gasteiger partial charge in [-0.05, 0) is 11.6 Å². The molecule has 5 heteroatoms. The molecule has 0 atom stereocenters. The molecule has 0 aliphatic carbocycles. The van der Waals surface area contributed by atoms with Gasteiger partial charge in [0.25, 0.3) is 0 Å². The first kappa shape index (κ1) is 11.2. The van der Waals surface area contributed by atoms with Gasteiger partial charge in [-0.2, -0.15) is 0 Å². The minimum atomic E-state index is -0.821. The average Bonchev–Trinajstić information content (AvgIpc) is 2.26. The van der Waals surface area contributed by atoms with E-state index in [1.807, 2.05) is 0 Å². The summed E-state index contributed by atoms with van der Waals surface area (Å²) in [6.07, 6.45) is 0. The fourth-order valence-electron chi connectivity index (χ4n) is 1.16. The van der Waals surface area contributed by atoms with Gasteiger partial charge in [-0.25, -0.2) is 5.11 Å². The molecule has 0 aromatic heterocycles. The molecule has 1 aromatic rings. The molecule has 0 saturated carbocycles. The summed E-state index contributed by atoms with van der Waals surface area (Å²) in [6.45, 7) is -0.682. The van der Waals surface area contributed by atoms with Crippen molar-refractivity contribution in [1.82, 2.24) is 5.32 Å². The Morgan fingerprint density at radius 1 is 1.27 bits per heavy atom. The van der Waals surface area contributed by atoms with Gasteiger partial charge in [0.1, 0.15) is 0 Å². The summed E-state index contributed by atoms with van der Waals surface area (Å²) < 4.78 is 0. The number of nitrogens with one attached hydrogen (secondary N) is 1. The summed E-state index contributed by atoms with van der Waals surface area (Å²) in [6, 6.07) is 6.65. The van der Waals surface area contributed by atoms with Gasteiger partial charge in [0, 0.05) is 12.1 Å². The lowest BCUT2D eigenvalue weighted by Gasteiger charge is -2.06. The van der Waals surface area contributed by atoms with Crippen molar-refractivity contribution in [3.63, 3.8) is 0 Å². The van der Waals surface area contributed by atoms with E-state index in [2.05, 4.69) is 5.32 Å². The number of rotatable bonds is 4. The van der Waals surface area contributed by atoms with E-state index in [1.165, 1.54) is 0 Å². The van der Waals surface area contributed by atoms with Gasteiger partial charge in [0.15, 0.2) is 6.61 Å². The van der Waals surface area contributed by atoms with Gasteiger partial charge in [-0.3, -0.25) is 9.59 Å². The van der Waals surface area contributed by atoms with Crippen molar-refractivity contribution < 1.29 is 14.7 Å². The average molecular weight is 207 g/mol. The first-order valence-corrected chi connectivity index (χ1v) is 4.37. The minimum Gasteiger partial charge on any atom is -0.366 e. The van der Waals surface area contributed by atoms with E-state index in [4.69, 9.17) is 5.73 Å². The quantitative estimate of drug-likeness (QED) is 0.717. The number of carbonyl (C=O) groups excluding carboxylic acids is 2. The van der Waals surface area contributed by atoms with Crippen LogP contribution in [0.1, 0.15) is 15.9 Å². The Bertz CT molecular complexity index is 377. The molecule has 0 fully saturated rings. The Balaban J connectivity index is 2.76. The summed E-state index contributed by atoms with van der Waals surface area (Å²) in [7, 11) is 0. The second kappa shape index (κ2) is 5.11. The Labute approximate surface area is 86.9 Å². The highest BCUT2D eigenvalue weighted by molar-refractivity contribution is 5.94. The van der Waals surface area contributed by atoms with Crippen molar-refractivity contribution in [2.24, 2.45) is 5.73 Å². The van der Waals surface area contributed by atoms with E-state index in [9.17, 15) is 14.7 Å². The molecular weight excluding hydrogens is 196 g/mol. The smallest absolute Gasteiger partial charge is 0.249 e. The SMILES string of the molecule is NC(=O)c1ccccc1CNC(=O)C[O]. The number of amides is 2. The van der Waals surface area contributed by atoms with Crippen LogP contribution >= 0.6 is 0 Å². The molecule has 1 aromatic carbocycles. The summed E-state index contributed by atoms with van der Waals surface area (Å²) in [4.78, 5) is 21.7. The van der Waals surface area contributed by atoms with Gasteiger partial charge in [0.2, 0.25) is 11.8 Å². The zero-order chi connectivity index (χ0) is 11.3. The molecule has 15 heavy (non-hydrogen) atoms. The topological polar surface area (TPSA) is 92.1 Å². The van der Waals surface area contributed by atoms with E-state index in [1.54, 1.807) is 24.3 Å². The third kappa shape index (κ3) is 3.07. The van der Waals surface area contributed by atoms with Gasteiger partial charge in [0.05, 0.1) is 0 Å². The number of nitrogens with two attached hydrogens (primary N) is 1. The van der Waals surface area contributed by atoms with Crippen LogP contribution < -0.4 is 11.1 Å². The molecule has 0 heterocycles. The zero-order valence-corrected chi connectivity index (χ0v) is 8.03. The molecule has 1 radical (unpaired) electrons. The van der Waals surface area contributed by atoms with Crippen LogP contribution in [-0.2, 0) is 16.4 Å². The molecule has 3 N–H and O–H groups in total. The summed E-state index contributed by atoms with van der Waals surface area (Å²) in [5.41, 5.74) is 6.09. The molecule has 0 spiro atoms. The van der Waals surface area contributed by atoms with Gasteiger partial charge < -0.3 is 11.1 Å². The molecule has 0 saturated heterocycles. The van der Waals surface area contributed by atoms with Crippen LogP contribution in [0.15, 0.2) is 24.3 Å². The number of primary amides is 1.